The number of guanidine groups is 1. The van der Waals surface area contributed by atoms with Gasteiger partial charge < -0.3 is 16.0 Å². The second-order valence-electron chi connectivity index (χ2n) is 5.61. The number of imide groups is 1. The first-order valence-corrected chi connectivity index (χ1v) is 7.38. The van der Waals surface area contributed by atoms with Crippen molar-refractivity contribution in [1.82, 2.24) is 20.9 Å². The molecule has 0 atom stereocenters. The Morgan fingerprint density at radius 3 is 2.75 bits per heavy atom. The van der Waals surface area contributed by atoms with Crippen LogP contribution in [0.1, 0.15) is 32.1 Å². The van der Waals surface area contributed by atoms with E-state index >= 15 is 0 Å². The number of aliphatic imine (C=N–C) groups is 1. The third kappa shape index (κ3) is 2.32. The zero-order chi connectivity index (χ0) is 14.0. The Morgan fingerprint density at radius 2 is 2.05 bits per heavy atom. The molecule has 3 rings (SSSR count). The summed E-state index contributed by atoms with van der Waals surface area (Å²) in [5.74, 6) is 0.708. The maximum atomic E-state index is 12.4. The van der Waals surface area contributed by atoms with Gasteiger partial charge in [-0.1, -0.05) is 12.8 Å². The number of hydrogen-bond donors (Lipinski definition) is 3. The van der Waals surface area contributed by atoms with Gasteiger partial charge in [0.2, 0.25) is 0 Å². The van der Waals surface area contributed by atoms with Gasteiger partial charge >= 0.3 is 6.03 Å². The number of nitrogens with one attached hydrogen (secondary N) is 3. The highest BCUT2D eigenvalue weighted by atomic mass is 16.2. The molecule has 3 aliphatic rings. The minimum absolute atomic E-state index is 0.0552. The van der Waals surface area contributed by atoms with Gasteiger partial charge in [-0.15, -0.1) is 0 Å². The zero-order valence-corrected chi connectivity index (χ0v) is 11.6. The molecule has 3 N–H and O–H groups in total. The summed E-state index contributed by atoms with van der Waals surface area (Å²) in [7, 11) is 0. The molecule has 0 aromatic carbocycles. The van der Waals surface area contributed by atoms with E-state index in [0.29, 0.717) is 13.1 Å². The van der Waals surface area contributed by atoms with Gasteiger partial charge in [0.1, 0.15) is 5.54 Å². The van der Waals surface area contributed by atoms with Crippen molar-refractivity contribution in [3.05, 3.63) is 0 Å². The summed E-state index contributed by atoms with van der Waals surface area (Å²) in [6.45, 7) is 2.65. The Balaban J connectivity index is 1.53. The fourth-order valence-electron chi connectivity index (χ4n) is 3.13. The van der Waals surface area contributed by atoms with Crippen LogP contribution in [0, 0.1) is 0 Å². The highest BCUT2D eigenvalue weighted by Crippen LogP contribution is 2.34. The van der Waals surface area contributed by atoms with E-state index < -0.39 is 5.54 Å². The Morgan fingerprint density at radius 1 is 1.25 bits per heavy atom. The number of carbonyl (C=O) groups is 2. The van der Waals surface area contributed by atoms with E-state index in [1.807, 2.05) is 0 Å². The van der Waals surface area contributed by atoms with Gasteiger partial charge in [0.15, 0.2) is 5.96 Å². The summed E-state index contributed by atoms with van der Waals surface area (Å²) >= 11 is 0. The molecular formula is C13H21N5O2. The van der Waals surface area contributed by atoms with Crippen LogP contribution in [0.25, 0.3) is 0 Å². The quantitative estimate of drug-likeness (QED) is 0.624. The smallest absolute Gasteiger partial charge is 0.325 e. The predicted octanol–water partition coefficient (Wildman–Crippen LogP) is -0.210. The third-order valence-corrected chi connectivity index (χ3v) is 4.23. The van der Waals surface area contributed by atoms with Crippen molar-refractivity contribution in [2.24, 2.45) is 4.99 Å². The van der Waals surface area contributed by atoms with E-state index in [2.05, 4.69) is 20.9 Å². The van der Waals surface area contributed by atoms with Crippen LogP contribution >= 0.6 is 0 Å². The average Bonchev–Trinajstić information content (AvgIpc) is 3.01. The summed E-state index contributed by atoms with van der Waals surface area (Å²) < 4.78 is 0. The number of carbonyl (C=O) groups excluding carboxylic acids is 2. The van der Waals surface area contributed by atoms with Gasteiger partial charge in [0, 0.05) is 26.2 Å². The first-order chi connectivity index (χ1) is 9.71. The lowest BCUT2D eigenvalue weighted by molar-refractivity contribution is -0.131. The minimum atomic E-state index is -0.600. The molecule has 1 saturated heterocycles. The zero-order valence-electron chi connectivity index (χ0n) is 11.6. The number of hydrogen-bond acceptors (Lipinski definition) is 5. The van der Waals surface area contributed by atoms with Crippen LogP contribution in [0.2, 0.25) is 0 Å². The van der Waals surface area contributed by atoms with Crippen molar-refractivity contribution in [2.45, 2.75) is 37.6 Å². The lowest BCUT2D eigenvalue weighted by Gasteiger charge is -2.21. The van der Waals surface area contributed by atoms with E-state index in [1.165, 1.54) is 4.90 Å². The van der Waals surface area contributed by atoms with Crippen molar-refractivity contribution in [3.63, 3.8) is 0 Å². The second-order valence-corrected chi connectivity index (χ2v) is 5.61. The molecule has 1 spiro atoms. The van der Waals surface area contributed by atoms with E-state index in [9.17, 15) is 9.59 Å². The fourth-order valence-corrected chi connectivity index (χ4v) is 3.13. The van der Waals surface area contributed by atoms with Crippen LogP contribution < -0.4 is 16.0 Å². The molecule has 20 heavy (non-hydrogen) atoms. The number of nitrogens with zero attached hydrogens (tertiary/aromatic N) is 2. The Hall–Kier alpha value is -1.79. The van der Waals surface area contributed by atoms with Gasteiger partial charge in [-0.25, -0.2) is 4.79 Å². The number of rotatable bonds is 3. The van der Waals surface area contributed by atoms with Crippen molar-refractivity contribution in [1.29, 1.82) is 0 Å². The Kier molecular flexibility index (Phi) is 3.50. The van der Waals surface area contributed by atoms with Gasteiger partial charge in [-0.2, -0.15) is 0 Å². The molecule has 0 unspecified atom stereocenters. The summed E-state index contributed by atoms with van der Waals surface area (Å²) in [5, 5.41) is 9.17. The molecule has 1 saturated carbocycles. The topological polar surface area (TPSA) is 85.8 Å². The van der Waals surface area contributed by atoms with Gasteiger partial charge in [0.25, 0.3) is 5.91 Å². The molecule has 2 heterocycles. The van der Waals surface area contributed by atoms with Gasteiger partial charge in [-0.05, 0) is 19.3 Å². The van der Waals surface area contributed by atoms with Crippen LogP contribution in [0.5, 0.6) is 0 Å². The SMILES string of the molecule is O=C1NC2(CCCC2)C(=O)N1CCNC1=NCCCN1. The maximum absolute atomic E-state index is 12.4. The molecule has 0 aromatic rings. The van der Waals surface area contributed by atoms with Crippen molar-refractivity contribution in [2.75, 3.05) is 26.2 Å². The summed E-state index contributed by atoms with van der Waals surface area (Å²) in [6, 6.07) is -0.253. The standard InChI is InChI=1S/C13H21N5O2/c19-10-13(4-1-2-5-13)17-12(20)18(10)9-8-16-11-14-6-3-7-15-11/h1-9H2,(H,17,20)(H2,14,15,16). The first kappa shape index (κ1) is 13.2. The average molecular weight is 279 g/mol. The highest BCUT2D eigenvalue weighted by molar-refractivity contribution is 6.07. The molecular weight excluding hydrogens is 258 g/mol. The molecule has 7 heteroatoms. The van der Waals surface area contributed by atoms with E-state index in [-0.39, 0.29) is 11.9 Å². The second kappa shape index (κ2) is 5.30. The predicted molar refractivity (Wildman–Crippen MR) is 74.4 cm³/mol. The summed E-state index contributed by atoms with van der Waals surface area (Å²) in [6.07, 6.45) is 4.62. The molecule has 110 valence electrons. The summed E-state index contributed by atoms with van der Waals surface area (Å²) in [4.78, 5) is 30.0. The lowest BCUT2D eigenvalue weighted by atomic mass is 9.98. The lowest BCUT2D eigenvalue weighted by Crippen LogP contribution is -2.46. The Bertz CT molecular complexity index is 442. The number of urea groups is 1. The molecule has 2 fully saturated rings. The molecule has 7 nitrogen and oxygen atoms in total. The Labute approximate surface area is 118 Å². The molecule has 2 aliphatic heterocycles. The van der Waals surface area contributed by atoms with Crippen LogP contribution in [0.15, 0.2) is 4.99 Å². The highest BCUT2D eigenvalue weighted by Gasteiger charge is 2.52. The van der Waals surface area contributed by atoms with E-state index in [0.717, 1.165) is 51.2 Å². The van der Waals surface area contributed by atoms with Crippen LogP contribution in [0.3, 0.4) is 0 Å². The maximum Gasteiger partial charge on any atom is 0.325 e. The van der Waals surface area contributed by atoms with Gasteiger partial charge in [0.05, 0.1) is 0 Å². The normalized spacial score (nSPS) is 24.6. The molecule has 0 aromatic heterocycles. The van der Waals surface area contributed by atoms with Crippen molar-refractivity contribution in [3.8, 4) is 0 Å². The van der Waals surface area contributed by atoms with E-state index in [1.54, 1.807) is 0 Å². The van der Waals surface area contributed by atoms with Crippen molar-refractivity contribution < 1.29 is 9.59 Å². The fraction of sp³-hybridized carbons (Fsp3) is 0.769. The monoisotopic (exact) mass is 279 g/mol. The van der Waals surface area contributed by atoms with Gasteiger partial charge in [-0.3, -0.25) is 14.7 Å². The summed E-state index contributed by atoms with van der Waals surface area (Å²) in [5.41, 5.74) is -0.600. The number of amides is 3. The first-order valence-electron chi connectivity index (χ1n) is 7.38. The molecule has 1 aliphatic carbocycles. The third-order valence-electron chi connectivity index (χ3n) is 4.23. The molecule has 0 radical (unpaired) electrons. The van der Waals surface area contributed by atoms with Crippen LogP contribution in [-0.4, -0.2) is 54.5 Å². The molecule has 3 amide bonds. The van der Waals surface area contributed by atoms with Crippen LogP contribution in [0.4, 0.5) is 4.79 Å². The van der Waals surface area contributed by atoms with Crippen molar-refractivity contribution >= 4 is 17.9 Å². The van der Waals surface area contributed by atoms with Crippen LogP contribution in [-0.2, 0) is 4.79 Å². The molecule has 0 bridgehead atoms. The van der Waals surface area contributed by atoms with E-state index in [4.69, 9.17) is 0 Å². The minimum Gasteiger partial charge on any atom is -0.356 e. The largest absolute Gasteiger partial charge is 0.356 e.